The number of amides is 1. The van der Waals surface area contributed by atoms with Crippen molar-refractivity contribution in [3.05, 3.63) is 41.5 Å². The van der Waals surface area contributed by atoms with Crippen molar-refractivity contribution in [3.63, 3.8) is 0 Å². The summed E-state index contributed by atoms with van der Waals surface area (Å²) in [7, 11) is 0. The molecule has 2 aliphatic rings. The van der Waals surface area contributed by atoms with Crippen molar-refractivity contribution in [2.24, 2.45) is 5.73 Å². The van der Waals surface area contributed by atoms with E-state index < -0.39 is 5.91 Å². The Morgan fingerprint density at radius 3 is 3.00 bits per heavy atom. The van der Waals surface area contributed by atoms with Gasteiger partial charge in [-0.3, -0.25) is 4.79 Å². The first-order valence-electron chi connectivity index (χ1n) is 6.99. The van der Waals surface area contributed by atoms with Crippen molar-refractivity contribution in [3.8, 4) is 0 Å². The van der Waals surface area contributed by atoms with E-state index in [2.05, 4.69) is 30.4 Å². The average molecular weight is 256 g/mol. The highest BCUT2D eigenvalue weighted by Crippen LogP contribution is 2.47. The smallest absolute Gasteiger partial charge is 0.243 e. The van der Waals surface area contributed by atoms with Crippen LogP contribution in [-0.4, -0.2) is 11.4 Å². The van der Waals surface area contributed by atoms with Gasteiger partial charge in [0.1, 0.15) is 0 Å². The van der Waals surface area contributed by atoms with Crippen molar-refractivity contribution in [2.45, 2.75) is 44.1 Å². The summed E-state index contributed by atoms with van der Waals surface area (Å²) in [6, 6.07) is 8.37. The summed E-state index contributed by atoms with van der Waals surface area (Å²) in [6.45, 7) is 2.27. The highest BCUT2D eigenvalue weighted by molar-refractivity contribution is 5.94. The van der Waals surface area contributed by atoms with E-state index in [1.54, 1.807) is 0 Å². The van der Waals surface area contributed by atoms with Crippen molar-refractivity contribution in [2.75, 3.05) is 0 Å². The van der Waals surface area contributed by atoms with Gasteiger partial charge < -0.3 is 11.1 Å². The standard InChI is InChI=1S/C16H20N2O/c1-16-9-5-4-8-13(16)11-6-2-3-7-12(11)14(18-16)10-15(17)19/h2-3,6-7,10,13,18H,4-5,8-9H2,1H3,(H2,17,19)/b14-10-/t13-,16-/m0/s1. The number of nitrogens with one attached hydrogen (secondary N) is 1. The molecule has 0 aromatic heterocycles. The predicted octanol–water partition coefficient (Wildman–Crippen LogP) is 2.53. The predicted molar refractivity (Wildman–Crippen MR) is 76.4 cm³/mol. The summed E-state index contributed by atoms with van der Waals surface area (Å²) in [4.78, 5) is 11.2. The second kappa shape index (κ2) is 4.41. The molecule has 1 saturated carbocycles. The van der Waals surface area contributed by atoms with E-state index in [0.29, 0.717) is 5.92 Å². The molecule has 0 unspecified atom stereocenters. The Kier molecular flexibility index (Phi) is 2.85. The van der Waals surface area contributed by atoms with Crippen LogP contribution in [0.5, 0.6) is 0 Å². The Bertz CT molecular complexity index is 549. The molecule has 100 valence electrons. The maximum atomic E-state index is 11.2. The molecule has 0 radical (unpaired) electrons. The minimum absolute atomic E-state index is 0.0495. The summed E-state index contributed by atoms with van der Waals surface area (Å²) in [6.07, 6.45) is 6.40. The van der Waals surface area contributed by atoms with Crippen LogP contribution in [0.25, 0.3) is 5.70 Å². The molecule has 0 spiro atoms. The fraction of sp³-hybridized carbons (Fsp3) is 0.438. The lowest BCUT2D eigenvalue weighted by Crippen LogP contribution is -2.51. The van der Waals surface area contributed by atoms with Crippen LogP contribution >= 0.6 is 0 Å². The van der Waals surface area contributed by atoms with E-state index in [1.165, 1.54) is 30.9 Å². The van der Waals surface area contributed by atoms with Gasteiger partial charge in [-0.25, -0.2) is 0 Å². The molecule has 3 nitrogen and oxygen atoms in total. The molecule has 2 atom stereocenters. The van der Waals surface area contributed by atoms with Gasteiger partial charge >= 0.3 is 0 Å². The summed E-state index contributed by atoms with van der Waals surface area (Å²) in [5.74, 6) is 0.137. The first-order chi connectivity index (χ1) is 9.10. The second-order valence-electron chi connectivity index (χ2n) is 5.89. The highest BCUT2D eigenvalue weighted by atomic mass is 16.1. The van der Waals surface area contributed by atoms with Crippen molar-refractivity contribution < 1.29 is 4.79 Å². The van der Waals surface area contributed by atoms with Crippen LogP contribution in [-0.2, 0) is 4.79 Å². The molecule has 19 heavy (non-hydrogen) atoms. The molecule has 1 aliphatic carbocycles. The Labute approximate surface area is 113 Å². The molecule has 1 heterocycles. The van der Waals surface area contributed by atoms with E-state index in [4.69, 9.17) is 5.73 Å². The maximum absolute atomic E-state index is 11.2. The van der Waals surface area contributed by atoms with Crippen LogP contribution in [0.15, 0.2) is 30.3 Å². The molecule has 0 saturated heterocycles. The Morgan fingerprint density at radius 2 is 2.21 bits per heavy atom. The minimum atomic E-state index is -0.393. The molecule has 1 aromatic rings. The molecule has 3 heteroatoms. The first kappa shape index (κ1) is 12.3. The number of fused-ring (bicyclic) bond motifs is 3. The van der Waals surface area contributed by atoms with Crippen LogP contribution in [0.4, 0.5) is 0 Å². The number of hydrogen-bond donors (Lipinski definition) is 2. The monoisotopic (exact) mass is 256 g/mol. The van der Waals surface area contributed by atoms with E-state index in [9.17, 15) is 4.79 Å². The van der Waals surface area contributed by atoms with Crippen LogP contribution in [0.3, 0.4) is 0 Å². The van der Waals surface area contributed by atoms with Gasteiger partial charge in [-0.1, -0.05) is 37.1 Å². The molecule has 3 rings (SSSR count). The number of carbonyl (C=O) groups is 1. The van der Waals surface area contributed by atoms with Gasteiger partial charge in [0.15, 0.2) is 0 Å². The van der Waals surface area contributed by atoms with Crippen LogP contribution in [0.1, 0.15) is 49.7 Å². The van der Waals surface area contributed by atoms with Gasteiger partial charge in [-0.2, -0.15) is 0 Å². The summed E-state index contributed by atoms with van der Waals surface area (Å²) < 4.78 is 0. The third-order valence-corrected chi connectivity index (χ3v) is 4.54. The lowest BCUT2D eigenvalue weighted by Gasteiger charge is -2.48. The lowest BCUT2D eigenvalue weighted by atomic mass is 9.67. The maximum Gasteiger partial charge on any atom is 0.243 e. The van der Waals surface area contributed by atoms with Gasteiger partial charge in [-0.15, -0.1) is 0 Å². The van der Waals surface area contributed by atoms with Crippen molar-refractivity contribution in [1.29, 1.82) is 0 Å². The third-order valence-electron chi connectivity index (χ3n) is 4.54. The van der Waals surface area contributed by atoms with Gasteiger partial charge in [0, 0.05) is 28.8 Å². The molecule has 1 aromatic carbocycles. The van der Waals surface area contributed by atoms with E-state index in [1.807, 2.05) is 6.07 Å². The SMILES string of the molecule is C[C@]12CCCC[C@H]1c1ccccc1/C(=C/C(N)=O)N2. The summed E-state index contributed by atoms with van der Waals surface area (Å²) in [5, 5.41) is 3.58. The average Bonchev–Trinajstić information content (AvgIpc) is 2.37. The van der Waals surface area contributed by atoms with E-state index >= 15 is 0 Å². The zero-order valence-corrected chi connectivity index (χ0v) is 11.3. The molecule has 0 bridgehead atoms. The number of hydrogen-bond acceptors (Lipinski definition) is 2. The minimum Gasteiger partial charge on any atom is -0.379 e. The van der Waals surface area contributed by atoms with E-state index in [-0.39, 0.29) is 5.54 Å². The normalized spacial score (nSPS) is 31.2. The van der Waals surface area contributed by atoms with Crippen LogP contribution in [0.2, 0.25) is 0 Å². The molecule has 3 N–H and O–H groups in total. The topological polar surface area (TPSA) is 55.1 Å². The molecule has 1 aliphatic heterocycles. The fourth-order valence-corrected chi connectivity index (χ4v) is 3.66. The third kappa shape index (κ3) is 2.03. The van der Waals surface area contributed by atoms with Gasteiger partial charge in [0.25, 0.3) is 0 Å². The number of rotatable bonds is 1. The lowest BCUT2D eigenvalue weighted by molar-refractivity contribution is -0.113. The Balaban J connectivity index is 2.14. The van der Waals surface area contributed by atoms with Gasteiger partial charge in [0.05, 0.1) is 0 Å². The zero-order chi connectivity index (χ0) is 13.5. The molecular weight excluding hydrogens is 236 g/mol. The Hall–Kier alpha value is -1.77. The first-order valence-corrected chi connectivity index (χ1v) is 6.99. The van der Waals surface area contributed by atoms with Crippen molar-refractivity contribution >= 4 is 11.6 Å². The van der Waals surface area contributed by atoms with Crippen LogP contribution < -0.4 is 11.1 Å². The highest BCUT2D eigenvalue weighted by Gasteiger charge is 2.42. The van der Waals surface area contributed by atoms with Gasteiger partial charge in [0.2, 0.25) is 5.91 Å². The van der Waals surface area contributed by atoms with Crippen molar-refractivity contribution in [1.82, 2.24) is 5.32 Å². The second-order valence-corrected chi connectivity index (χ2v) is 5.89. The fourth-order valence-electron chi connectivity index (χ4n) is 3.66. The zero-order valence-electron chi connectivity index (χ0n) is 11.3. The van der Waals surface area contributed by atoms with E-state index in [0.717, 1.165) is 17.7 Å². The summed E-state index contributed by atoms with van der Waals surface area (Å²) >= 11 is 0. The molecule has 1 fully saturated rings. The Morgan fingerprint density at radius 1 is 1.42 bits per heavy atom. The number of primary amides is 1. The largest absolute Gasteiger partial charge is 0.379 e. The number of nitrogens with two attached hydrogens (primary N) is 1. The quantitative estimate of drug-likeness (QED) is 0.759. The summed E-state index contributed by atoms with van der Waals surface area (Å²) in [5.41, 5.74) is 8.75. The molecular formula is C16H20N2O. The van der Waals surface area contributed by atoms with Gasteiger partial charge in [-0.05, 0) is 25.3 Å². The number of benzene rings is 1. The van der Waals surface area contributed by atoms with Crippen LogP contribution in [0, 0.1) is 0 Å². The molecule has 1 amide bonds. The number of carbonyl (C=O) groups excluding carboxylic acids is 1.